The number of primary amides is 1. The lowest BCUT2D eigenvalue weighted by Crippen LogP contribution is -2.50. The highest BCUT2D eigenvalue weighted by Gasteiger charge is 2.36. The summed E-state index contributed by atoms with van der Waals surface area (Å²) in [6, 6.07) is 7.64. The van der Waals surface area contributed by atoms with Crippen LogP contribution < -0.4 is 15.5 Å². The lowest BCUT2D eigenvalue weighted by atomic mass is 10.1. The van der Waals surface area contributed by atoms with Crippen molar-refractivity contribution in [3.05, 3.63) is 24.3 Å². The fourth-order valence-electron chi connectivity index (χ4n) is 3.55. The number of piperazine rings is 1. The second-order valence-electron chi connectivity index (χ2n) is 8.25. The number of amides is 3. The van der Waals surface area contributed by atoms with Gasteiger partial charge in [0, 0.05) is 39.1 Å². The molecular formula is C20H28N4O4. The summed E-state index contributed by atoms with van der Waals surface area (Å²) in [4.78, 5) is 41.7. The first-order valence-electron chi connectivity index (χ1n) is 9.57. The van der Waals surface area contributed by atoms with E-state index in [0.29, 0.717) is 32.7 Å². The van der Waals surface area contributed by atoms with Crippen LogP contribution >= 0.6 is 0 Å². The normalized spacial score (nSPS) is 20.5. The number of para-hydroxylation sites is 2. The van der Waals surface area contributed by atoms with E-state index in [1.807, 2.05) is 45.0 Å². The van der Waals surface area contributed by atoms with Crippen molar-refractivity contribution in [1.29, 1.82) is 0 Å². The Labute approximate surface area is 165 Å². The van der Waals surface area contributed by atoms with E-state index in [-0.39, 0.29) is 18.4 Å². The molecule has 2 saturated heterocycles. The van der Waals surface area contributed by atoms with E-state index in [9.17, 15) is 14.4 Å². The largest absolute Gasteiger partial charge is 0.444 e. The summed E-state index contributed by atoms with van der Waals surface area (Å²) in [5.41, 5.74) is 6.57. The monoisotopic (exact) mass is 388 g/mol. The van der Waals surface area contributed by atoms with Crippen LogP contribution in [-0.4, -0.2) is 61.1 Å². The maximum Gasteiger partial charge on any atom is 0.410 e. The average molecular weight is 388 g/mol. The van der Waals surface area contributed by atoms with Crippen LogP contribution in [0, 0.1) is 5.92 Å². The lowest BCUT2D eigenvalue weighted by Gasteiger charge is -2.38. The number of hydrogen-bond acceptors (Lipinski definition) is 5. The number of nitrogens with zero attached hydrogens (tertiary/aromatic N) is 3. The van der Waals surface area contributed by atoms with Gasteiger partial charge in [0.2, 0.25) is 11.8 Å². The van der Waals surface area contributed by atoms with E-state index < -0.39 is 17.4 Å². The maximum absolute atomic E-state index is 12.4. The SMILES string of the molecule is CC(C)(C)OC(=O)N1CCN(c2ccccc2N2CC(C(N)=O)CC2=O)CC1. The molecule has 0 radical (unpaired) electrons. The summed E-state index contributed by atoms with van der Waals surface area (Å²) in [6.07, 6.45) is -0.157. The van der Waals surface area contributed by atoms with Crippen LogP contribution in [-0.2, 0) is 14.3 Å². The summed E-state index contributed by atoms with van der Waals surface area (Å²) >= 11 is 0. The minimum Gasteiger partial charge on any atom is -0.444 e. The third-order valence-corrected chi connectivity index (χ3v) is 4.97. The second-order valence-corrected chi connectivity index (χ2v) is 8.25. The van der Waals surface area contributed by atoms with Crippen molar-refractivity contribution in [3.63, 3.8) is 0 Å². The van der Waals surface area contributed by atoms with Crippen molar-refractivity contribution in [2.45, 2.75) is 32.8 Å². The van der Waals surface area contributed by atoms with Gasteiger partial charge in [-0.3, -0.25) is 9.59 Å². The van der Waals surface area contributed by atoms with Crippen LogP contribution in [0.1, 0.15) is 27.2 Å². The Kier molecular flexibility index (Phi) is 5.49. The van der Waals surface area contributed by atoms with Gasteiger partial charge in [0.05, 0.1) is 17.3 Å². The predicted molar refractivity (Wildman–Crippen MR) is 106 cm³/mol. The standard InChI is InChI=1S/C20H28N4O4/c1-20(2,3)28-19(27)23-10-8-22(9-11-23)15-6-4-5-7-16(15)24-13-14(18(21)26)12-17(24)25/h4-7,14H,8-13H2,1-3H3,(H2,21,26). The molecule has 1 unspecified atom stereocenters. The number of anilines is 2. The molecular weight excluding hydrogens is 360 g/mol. The fourth-order valence-corrected chi connectivity index (χ4v) is 3.55. The van der Waals surface area contributed by atoms with Gasteiger partial charge in [-0.25, -0.2) is 4.79 Å². The molecule has 28 heavy (non-hydrogen) atoms. The number of benzene rings is 1. The maximum atomic E-state index is 12.4. The van der Waals surface area contributed by atoms with Crippen molar-refractivity contribution in [1.82, 2.24) is 4.90 Å². The predicted octanol–water partition coefficient (Wildman–Crippen LogP) is 1.58. The highest BCUT2D eigenvalue weighted by molar-refractivity contribution is 6.02. The number of rotatable bonds is 3. The number of ether oxygens (including phenoxy) is 1. The molecule has 2 aliphatic heterocycles. The number of carbonyl (C=O) groups excluding carboxylic acids is 3. The van der Waals surface area contributed by atoms with Gasteiger partial charge in [0.25, 0.3) is 0 Å². The molecule has 0 aromatic heterocycles. The van der Waals surface area contributed by atoms with Gasteiger partial charge in [-0.15, -0.1) is 0 Å². The van der Waals surface area contributed by atoms with Crippen molar-refractivity contribution in [2.24, 2.45) is 11.7 Å². The van der Waals surface area contributed by atoms with Crippen molar-refractivity contribution < 1.29 is 19.1 Å². The van der Waals surface area contributed by atoms with Gasteiger partial charge in [0.1, 0.15) is 5.60 Å². The molecule has 152 valence electrons. The average Bonchev–Trinajstić information content (AvgIpc) is 3.02. The third-order valence-electron chi connectivity index (χ3n) is 4.97. The zero-order chi connectivity index (χ0) is 20.5. The lowest BCUT2D eigenvalue weighted by molar-refractivity contribution is -0.123. The summed E-state index contributed by atoms with van der Waals surface area (Å²) in [6.45, 7) is 8.22. The molecule has 2 heterocycles. The molecule has 1 aromatic rings. The number of hydrogen-bond donors (Lipinski definition) is 1. The molecule has 3 rings (SSSR count). The van der Waals surface area contributed by atoms with Crippen LogP contribution in [0.5, 0.6) is 0 Å². The number of carbonyl (C=O) groups is 3. The summed E-state index contributed by atoms with van der Waals surface area (Å²) < 4.78 is 5.44. The zero-order valence-corrected chi connectivity index (χ0v) is 16.7. The highest BCUT2D eigenvalue weighted by atomic mass is 16.6. The van der Waals surface area contributed by atoms with E-state index in [4.69, 9.17) is 10.5 Å². The van der Waals surface area contributed by atoms with Gasteiger partial charge in [0.15, 0.2) is 0 Å². The van der Waals surface area contributed by atoms with E-state index >= 15 is 0 Å². The smallest absolute Gasteiger partial charge is 0.410 e. The van der Waals surface area contributed by atoms with Gasteiger partial charge in [-0.05, 0) is 32.9 Å². The molecule has 0 saturated carbocycles. The molecule has 8 heteroatoms. The number of nitrogens with two attached hydrogens (primary N) is 1. The van der Waals surface area contributed by atoms with Crippen molar-refractivity contribution in [3.8, 4) is 0 Å². The molecule has 0 spiro atoms. The first-order chi connectivity index (χ1) is 13.2. The first kappa shape index (κ1) is 20.0. The second kappa shape index (κ2) is 7.69. The summed E-state index contributed by atoms with van der Waals surface area (Å²) in [5, 5.41) is 0. The van der Waals surface area contributed by atoms with E-state index in [1.165, 1.54) is 0 Å². The van der Waals surface area contributed by atoms with Crippen molar-refractivity contribution in [2.75, 3.05) is 42.5 Å². The van der Waals surface area contributed by atoms with Gasteiger partial charge in [-0.1, -0.05) is 12.1 Å². The molecule has 2 aliphatic rings. The summed E-state index contributed by atoms with van der Waals surface area (Å²) in [5.74, 6) is -0.993. The van der Waals surface area contributed by atoms with Crippen LogP contribution in [0.2, 0.25) is 0 Å². The van der Waals surface area contributed by atoms with Crippen LogP contribution in [0.25, 0.3) is 0 Å². The Bertz CT molecular complexity index is 766. The van der Waals surface area contributed by atoms with Crippen LogP contribution in [0.15, 0.2) is 24.3 Å². The Balaban J connectivity index is 1.70. The Morgan fingerprint density at radius 3 is 2.21 bits per heavy atom. The molecule has 3 amide bonds. The molecule has 1 atom stereocenters. The van der Waals surface area contributed by atoms with E-state index in [2.05, 4.69) is 4.90 Å². The summed E-state index contributed by atoms with van der Waals surface area (Å²) in [7, 11) is 0. The van der Waals surface area contributed by atoms with Gasteiger partial charge >= 0.3 is 6.09 Å². The molecule has 2 fully saturated rings. The van der Waals surface area contributed by atoms with Crippen molar-refractivity contribution >= 4 is 29.3 Å². The molecule has 0 aliphatic carbocycles. The Morgan fingerprint density at radius 2 is 1.68 bits per heavy atom. The Hall–Kier alpha value is -2.77. The molecule has 8 nitrogen and oxygen atoms in total. The quantitative estimate of drug-likeness (QED) is 0.848. The highest BCUT2D eigenvalue weighted by Crippen LogP contribution is 2.34. The van der Waals surface area contributed by atoms with Gasteiger partial charge in [-0.2, -0.15) is 0 Å². The first-order valence-corrected chi connectivity index (χ1v) is 9.57. The molecule has 0 bridgehead atoms. The molecule has 1 aromatic carbocycles. The Morgan fingerprint density at radius 1 is 1.07 bits per heavy atom. The minimum absolute atomic E-state index is 0.0939. The third kappa shape index (κ3) is 4.37. The van der Waals surface area contributed by atoms with E-state index in [1.54, 1.807) is 9.80 Å². The molecule has 2 N–H and O–H groups in total. The van der Waals surface area contributed by atoms with Crippen LogP contribution in [0.4, 0.5) is 16.2 Å². The fraction of sp³-hybridized carbons (Fsp3) is 0.550. The van der Waals surface area contributed by atoms with Gasteiger partial charge < -0.3 is 25.2 Å². The zero-order valence-electron chi connectivity index (χ0n) is 16.7. The van der Waals surface area contributed by atoms with E-state index in [0.717, 1.165) is 11.4 Å². The van der Waals surface area contributed by atoms with Crippen LogP contribution in [0.3, 0.4) is 0 Å². The topological polar surface area (TPSA) is 96.2 Å². The minimum atomic E-state index is -0.520.